The van der Waals surface area contributed by atoms with Crippen molar-refractivity contribution in [3.63, 3.8) is 0 Å². The van der Waals surface area contributed by atoms with E-state index in [1.54, 1.807) is 12.3 Å². The Kier molecular flexibility index (Phi) is 3.68. The molecule has 0 saturated carbocycles. The van der Waals surface area contributed by atoms with Crippen molar-refractivity contribution >= 4 is 11.9 Å². The van der Waals surface area contributed by atoms with Crippen LogP contribution in [0.2, 0.25) is 0 Å². The average molecular weight is 286 g/mol. The zero-order chi connectivity index (χ0) is 14.8. The van der Waals surface area contributed by atoms with Gasteiger partial charge in [-0.2, -0.15) is 0 Å². The molecule has 0 spiro atoms. The first-order chi connectivity index (χ1) is 10.1. The molecule has 1 aliphatic carbocycles. The Bertz CT molecular complexity index is 663. The van der Waals surface area contributed by atoms with Crippen LogP contribution in [0.25, 0.3) is 0 Å². The molecule has 2 aromatic rings. The van der Waals surface area contributed by atoms with E-state index in [1.165, 1.54) is 5.56 Å². The maximum absolute atomic E-state index is 12.1. The van der Waals surface area contributed by atoms with E-state index < -0.39 is 0 Å². The quantitative estimate of drug-likeness (QED) is 0.933. The molecule has 0 bridgehead atoms. The van der Waals surface area contributed by atoms with E-state index in [0.29, 0.717) is 11.9 Å². The molecule has 0 saturated heterocycles. The molecule has 1 aliphatic rings. The van der Waals surface area contributed by atoms with Gasteiger partial charge in [0.2, 0.25) is 11.7 Å². The number of nitrogens with zero attached hydrogens (tertiary/aromatic N) is 3. The van der Waals surface area contributed by atoms with Crippen LogP contribution in [0.3, 0.4) is 0 Å². The van der Waals surface area contributed by atoms with E-state index in [4.69, 9.17) is 4.52 Å². The summed E-state index contributed by atoms with van der Waals surface area (Å²) in [4.78, 5) is 20.6. The first-order valence-corrected chi connectivity index (χ1v) is 7.23. The number of aryl methyl sites for hydroxylation is 2. The Morgan fingerprint density at radius 2 is 2.29 bits per heavy atom. The standard InChI is InChI=1S/C15H18N4O2/c1-9(2)6-11-7-13(21-19-11)14(20)18-15-16-8-10-4-3-5-12(10)17-15/h7-9H,3-6H2,1-2H3,(H,16,17,18,20). The van der Waals surface area contributed by atoms with Crippen molar-refractivity contribution in [2.24, 2.45) is 5.92 Å². The van der Waals surface area contributed by atoms with Gasteiger partial charge < -0.3 is 4.52 Å². The van der Waals surface area contributed by atoms with Gasteiger partial charge in [-0.05, 0) is 37.2 Å². The summed E-state index contributed by atoms with van der Waals surface area (Å²) in [5, 5.41) is 6.56. The molecule has 0 unspecified atom stereocenters. The third-order valence-electron chi connectivity index (χ3n) is 3.44. The number of aromatic nitrogens is 3. The molecule has 110 valence electrons. The Morgan fingerprint density at radius 3 is 3.10 bits per heavy atom. The van der Waals surface area contributed by atoms with Crippen LogP contribution < -0.4 is 5.32 Å². The highest BCUT2D eigenvalue weighted by atomic mass is 16.5. The van der Waals surface area contributed by atoms with Gasteiger partial charge in [0.15, 0.2) is 0 Å². The van der Waals surface area contributed by atoms with Crippen LogP contribution in [0.15, 0.2) is 16.8 Å². The summed E-state index contributed by atoms with van der Waals surface area (Å²) in [6.07, 6.45) is 5.63. The fourth-order valence-electron chi connectivity index (χ4n) is 2.47. The number of anilines is 1. The van der Waals surface area contributed by atoms with Crippen LogP contribution in [-0.2, 0) is 19.3 Å². The van der Waals surface area contributed by atoms with Gasteiger partial charge in [-0.15, -0.1) is 0 Å². The van der Waals surface area contributed by atoms with Gasteiger partial charge in [0.05, 0.1) is 5.69 Å². The Hall–Kier alpha value is -2.24. The van der Waals surface area contributed by atoms with Gasteiger partial charge in [-0.3, -0.25) is 10.1 Å². The molecular formula is C15H18N4O2. The number of carbonyl (C=O) groups excluding carboxylic acids is 1. The van der Waals surface area contributed by atoms with Crippen molar-refractivity contribution in [1.29, 1.82) is 0 Å². The number of nitrogens with one attached hydrogen (secondary N) is 1. The highest BCUT2D eigenvalue weighted by Crippen LogP contribution is 2.20. The molecule has 21 heavy (non-hydrogen) atoms. The summed E-state index contributed by atoms with van der Waals surface area (Å²) in [6, 6.07) is 1.67. The predicted molar refractivity (Wildman–Crippen MR) is 77.1 cm³/mol. The number of carbonyl (C=O) groups is 1. The zero-order valence-corrected chi connectivity index (χ0v) is 12.2. The fourth-order valence-corrected chi connectivity index (χ4v) is 2.47. The van der Waals surface area contributed by atoms with Crippen LogP contribution in [-0.4, -0.2) is 21.0 Å². The SMILES string of the molecule is CC(C)Cc1cc(C(=O)Nc2ncc3c(n2)CCC3)on1. The number of hydrogen-bond acceptors (Lipinski definition) is 5. The Morgan fingerprint density at radius 1 is 1.43 bits per heavy atom. The molecule has 0 atom stereocenters. The lowest BCUT2D eigenvalue weighted by atomic mass is 10.1. The highest BCUT2D eigenvalue weighted by Gasteiger charge is 2.17. The second kappa shape index (κ2) is 5.63. The first-order valence-electron chi connectivity index (χ1n) is 7.23. The third-order valence-corrected chi connectivity index (χ3v) is 3.44. The Balaban J connectivity index is 1.70. The number of rotatable bonds is 4. The zero-order valence-electron chi connectivity index (χ0n) is 12.2. The minimum Gasteiger partial charge on any atom is -0.351 e. The van der Waals surface area contributed by atoms with Gasteiger partial charge in [0.25, 0.3) is 5.91 Å². The van der Waals surface area contributed by atoms with Crippen molar-refractivity contribution in [2.45, 2.75) is 39.5 Å². The van der Waals surface area contributed by atoms with Crippen molar-refractivity contribution < 1.29 is 9.32 Å². The van der Waals surface area contributed by atoms with Gasteiger partial charge >= 0.3 is 0 Å². The van der Waals surface area contributed by atoms with Crippen molar-refractivity contribution in [3.05, 3.63) is 35.0 Å². The molecule has 0 fully saturated rings. The van der Waals surface area contributed by atoms with E-state index >= 15 is 0 Å². The predicted octanol–water partition coefficient (Wildman–Crippen LogP) is 2.40. The largest absolute Gasteiger partial charge is 0.351 e. The molecular weight excluding hydrogens is 268 g/mol. The van der Waals surface area contributed by atoms with Gasteiger partial charge in [0.1, 0.15) is 0 Å². The molecule has 1 N–H and O–H groups in total. The minimum absolute atomic E-state index is 0.190. The van der Waals surface area contributed by atoms with Crippen LogP contribution in [0.5, 0.6) is 0 Å². The Labute approximate surface area is 123 Å². The maximum atomic E-state index is 12.1. The van der Waals surface area contributed by atoms with E-state index in [-0.39, 0.29) is 11.7 Å². The molecule has 0 aliphatic heterocycles. The topological polar surface area (TPSA) is 80.9 Å². The second-order valence-electron chi connectivity index (χ2n) is 5.75. The van der Waals surface area contributed by atoms with Crippen LogP contribution >= 0.6 is 0 Å². The van der Waals surface area contributed by atoms with Gasteiger partial charge in [-0.1, -0.05) is 19.0 Å². The van der Waals surface area contributed by atoms with Crippen LogP contribution in [0.4, 0.5) is 5.95 Å². The summed E-state index contributed by atoms with van der Waals surface area (Å²) < 4.78 is 5.07. The van der Waals surface area contributed by atoms with Crippen LogP contribution in [0.1, 0.15) is 47.8 Å². The number of fused-ring (bicyclic) bond motifs is 1. The lowest BCUT2D eigenvalue weighted by Gasteiger charge is -2.03. The molecule has 2 aromatic heterocycles. The van der Waals surface area contributed by atoms with E-state index in [2.05, 4.69) is 34.3 Å². The normalized spacial score (nSPS) is 13.5. The van der Waals surface area contributed by atoms with Crippen molar-refractivity contribution in [3.8, 4) is 0 Å². The van der Waals surface area contributed by atoms with E-state index in [0.717, 1.165) is 37.1 Å². The average Bonchev–Trinajstić information content (AvgIpc) is 3.06. The lowest BCUT2D eigenvalue weighted by molar-refractivity contribution is 0.0987. The summed E-state index contributed by atoms with van der Waals surface area (Å²) >= 11 is 0. The molecule has 0 aromatic carbocycles. The molecule has 6 nitrogen and oxygen atoms in total. The second-order valence-corrected chi connectivity index (χ2v) is 5.75. The van der Waals surface area contributed by atoms with Crippen molar-refractivity contribution in [1.82, 2.24) is 15.1 Å². The fraction of sp³-hybridized carbons (Fsp3) is 0.467. The molecule has 2 heterocycles. The summed E-state index contributed by atoms with van der Waals surface area (Å²) in [5.74, 6) is 0.610. The third kappa shape index (κ3) is 3.09. The number of amides is 1. The van der Waals surface area contributed by atoms with Crippen molar-refractivity contribution in [2.75, 3.05) is 5.32 Å². The highest BCUT2D eigenvalue weighted by molar-refractivity contribution is 6.01. The summed E-state index contributed by atoms with van der Waals surface area (Å²) in [6.45, 7) is 4.18. The summed E-state index contributed by atoms with van der Waals surface area (Å²) in [5.41, 5.74) is 2.98. The lowest BCUT2D eigenvalue weighted by Crippen LogP contribution is -2.14. The van der Waals surface area contributed by atoms with E-state index in [9.17, 15) is 4.79 Å². The molecule has 6 heteroatoms. The number of hydrogen-bond donors (Lipinski definition) is 1. The van der Waals surface area contributed by atoms with E-state index in [1.807, 2.05) is 0 Å². The minimum atomic E-state index is -0.365. The van der Waals surface area contributed by atoms with Gasteiger partial charge in [-0.25, -0.2) is 9.97 Å². The summed E-state index contributed by atoms with van der Waals surface area (Å²) in [7, 11) is 0. The van der Waals surface area contributed by atoms with Crippen LogP contribution in [0, 0.1) is 5.92 Å². The van der Waals surface area contributed by atoms with Gasteiger partial charge in [0, 0.05) is 18.0 Å². The molecule has 0 radical (unpaired) electrons. The first kappa shape index (κ1) is 13.7. The molecule has 3 rings (SSSR count). The maximum Gasteiger partial charge on any atom is 0.296 e. The smallest absolute Gasteiger partial charge is 0.296 e. The monoisotopic (exact) mass is 286 g/mol. The molecule has 1 amide bonds.